The van der Waals surface area contributed by atoms with Crippen molar-refractivity contribution in [2.75, 3.05) is 11.9 Å². The minimum Gasteiger partial charge on any atom is -0.460 e. The van der Waals surface area contributed by atoms with Crippen molar-refractivity contribution in [3.63, 3.8) is 0 Å². The van der Waals surface area contributed by atoms with Gasteiger partial charge >= 0.3 is 5.97 Å². The molecule has 1 N–H and O–H groups in total. The fraction of sp³-hybridized carbons (Fsp3) is 0.111. The molecule has 0 aliphatic rings. The molecule has 2 aromatic carbocycles. The van der Waals surface area contributed by atoms with Crippen molar-refractivity contribution in [1.29, 1.82) is 0 Å². The van der Waals surface area contributed by atoms with Crippen LogP contribution in [0.3, 0.4) is 0 Å². The molecular weight excluding hydrogens is 365 g/mol. The number of anilines is 1. The van der Waals surface area contributed by atoms with Gasteiger partial charge in [-0.25, -0.2) is 4.79 Å². The minimum atomic E-state index is -0.655. The molecule has 0 atom stereocenters. The molecule has 25 heavy (non-hydrogen) atoms. The summed E-state index contributed by atoms with van der Waals surface area (Å²) in [6.07, 6.45) is 0. The van der Waals surface area contributed by atoms with Gasteiger partial charge in [-0.1, -0.05) is 35.3 Å². The fourth-order valence-corrected chi connectivity index (χ4v) is 2.91. The standard InChI is InChI=1S/C18H13Cl2NO4/c1-2-24-18(23)16-15(13-5-3-4-6-14(13)25-16)21-17(22)10-7-11(19)9-12(20)8-10/h3-9H,2H2,1H3,(H,21,22). The van der Waals surface area contributed by atoms with Gasteiger partial charge in [0.1, 0.15) is 11.3 Å². The number of ether oxygens (including phenoxy) is 1. The smallest absolute Gasteiger partial charge is 0.376 e. The molecule has 0 unspecified atom stereocenters. The molecule has 0 bridgehead atoms. The Labute approximate surface area is 153 Å². The van der Waals surface area contributed by atoms with Crippen LogP contribution < -0.4 is 5.32 Å². The summed E-state index contributed by atoms with van der Waals surface area (Å²) in [6, 6.07) is 11.5. The number of furan rings is 1. The second kappa shape index (κ2) is 7.17. The number of rotatable bonds is 4. The van der Waals surface area contributed by atoms with Gasteiger partial charge in [-0.2, -0.15) is 0 Å². The van der Waals surface area contributed by atoms with Crippen molar-refractivity contribution in [3.8, 4) is 0 Å². The average Bonchev–Trinajstić information content (AvgIpc) is 2.93. The zero-order valence-corrected chi connectivity index (χ0v) is 14.6. The predicted octanol–water partition coefficient (Wildman–Crippen LogP) is 5.17. The summed E-state index contributed by atoms with van der Waals surface area (Å²) in [5.41, 5.74) is 0.970. The number of carbonyl (C=O) groups is 2. The molecule has 1 aromatic heterocycles. The Morgan fingerprint density at radius 3 is 2.48 bits per heavy atom. The molecule has 0 radical (unpaired) electrons. The molecule has 1 heterocycles. The number of nitrogens with one attached hydrogen (secondary N) is 1. The number of carbonyl (C=O) groups excluding carboxylic acids is 2. The van der Waals surface area contributed by atoms with Gasteiger partial charge < -0.3 is 14.5 Å². The highest BCUT2D eigenvalue weighted by Gasteiger charge is 2.23. The maximum atomic E-state index is 12.6. The molecule has 7 heteroatoms. The maximum Gasteiger partial charge on any atom is 0.376 e. The van der Waals surface area contributed by atoms with E-state index in [-0.39, 0.29) is 23.6 Å². The number of benzene rings is 2. The quantitative estimate of drug-likeness (QED) is 0.636. The Bertz CT molecular complexity index is 945. The highest BCUT2D eigenvalue weighted by atomic mass is 35.5. The molecule has 3 rings (SSSR count). The molecule has 128 valence electrons. The summed E-state index contributed by atoms with van der Waals surface area (Å²) in [5.74, 6) is -1.19. The highest BCUT2D eigenvalue weighted by Crippen LogP contribution is 2.32. The summed E-state index contributed by atoms with van der Waals surface area (Å²) in [6.45, 7) is 1.87. The van der Waals surface area contributed by atoms with E-state index < -0.39 is 11.9 Å². The van der Waals surface area contributed by atoms with Gasteiger partial charge in [0, 0.05) is 21.0 Å². The van der Waals surface area contributed by atoms with Gasteiger partial charge in [-0.3, -0.25) is 4.79 Å². The lowest BCUT2D eigenvalue weighted by Gasteiger charge is -2.07. The summed E-state index contributed by atoms with van der Waals surface area (Å²) in [7, 11) is 0. The molecule has 0 saturated heterocycles. The molecule has 0 aliphatic carbocycles. The number of fused-ring (bicyclic) bond motifs is 1. The number of esters is 1. The Morgan fingerprint density at radius 2 is 1.80 bits per heavy atom. The first-order valence-electron chi connectivity index (χ1n) is 7.45. The Kier molecular flexibility index (Phi) is 4.97. The van der Waals surface area contributed by atoms with Crippen molar-refractivity contribution in [3.05, 3.63) is 63.8 Å². The third-order valence-electron chi connectivity index (χ3n) is 3.42. The minimum absolute atomic E-state index is 0.0653. The fourth-order valence-electron chi connectivity index (χ4n) is 2.38. The van der Waals surface area contributed by atoms with Crippen LogP contribution in [0.4, 0.5) is 5.69 Å². The largest absolute Gasteiger partial charge is 0.460 e. The van der Waals surface area contributed by atoms with Crippen LogP contribution in [-0.2, 0) is 4.74 Å². The van der Waals surface area contributed by atoms with Crippen LogP contribution in [0.25, 0.3) is 11.0 Å². The van der Waals surface area contributed by atoms with Crippen LogP contribution in [-0.4, -0.2) is 18.5 Å². The van der Waals surface area contributed by atoms with Crippen LogP contribution in [0.5, 0.6) is 0 Å². The average molecular weight is 378 g/mol. The van der Waals surface area contributed by atoms with Crippen molar-refractivity contribution in [1.82, 2.24) is 0 Å². The lowest BCUT2D eigenvalue weighted by molar-refractivity contribution is 0.0494. The highest BCUT2D eigenvalue weighted by molar-refractivity contribution is 6.35. The van der Waals surface area contributed by atoms with Crippen LogP contribution in [0.15, 0.2) is 46.9 Å². The monoisotopic (exact) mass is 377 g/mol. The molecule has 0 fully saturated rings. The SMILES string of the molecule is CCOC(=O)c1oc2ccccc2c1NC(=O)c1cc(Cl)cc(Cl)c1. The number of hydrogen-bond donors (Lipinski definition) is 1. The second-order valence-electron chi connectivity index (χ2n) is 5.14. The number of para-hydroxylation sites is 1. The van der Waals surface area contributed by atoms with Crippen LogP contribution in [0.1, 0.15) is 27.8 Å². The molecule has 5 nitrogen and oxygen atoms in total. The molecule has 0 saturated carbocycles. The van der Waals surface area contributed by atoms with Crippen molar-refractivity contribution in [2.45, 2.75) is 6.92 Å². The lowest BCUT2D eigenvalue weighted by atomic mass is 10.2. The van der Waals surface area contributed by atoms with Crippen molar-refractivity contribution >= 4 is 51.7 Å². The van der Waals surface area contributed by atoms with Gasteiger partial charge in [0.25, 0.3) is 5.91 Å². The summed E-state index contributed by atoms with van der Waals surface area (Å²) < 4.78 is 10.6. The Balaban J connectivity index is 2.03. The van der Waals surface area contributed by atoms with Gasteiger partial charge in [-0.15, -0.1) is 0 Å². The van der Waals surface area contributed by atoms with E-state index in [4.69, 9.17) is 32.4 Å². The van der Waals surface area contributed by atoms with Crippen molar-refractivity contribution in [2.24, 2.45) is 0 Å². The van der Waals surface area contributed by atoms with Gasteiger partial charge in [0.05, 0.1) is 6.61 Å². The number of amides is 1. The first kappa shape index (κ1) is 17.3. The zero-order valence-electron chi connectivity index (χ0n) is 13.1. The van der Waals surface area contributed by atoms with E-state index in [2.05, 4.69) is 5.32 Å². The van der Waals surface area contributed by atoms with Crippen LogP contribution >= 0.6 is 23.2 Å². The first-order valence-corrected chi connectivity index (χ1v) is 8.21. The van der Waals surface area contributed by atoms with E-state index >= 15 is 0 Å². The third kappa shape index (κ3) is 3.62. The molecule has 1 amide bonds. The summed E-state index contributed by atoms with van der Waals surface area (Å²) >= 11 is 11.9. The predicted molar refractivity (Wildman–Crippen MR) is 96.6 cm³/mol. The number of hydrogen-bond acceptors (Lipinski definition) is 4. The lowest BCUT2D eigenvalue weighted by Crippen LogP contribution is -2.15. The van der Waals surface area contributed by atoms with Gasteiger partial charge in [-0.05, 0) is 37.3 Å². The van der Waals surface area contributed by atoms with Crippen molar-refractivity contribution < 1.29 is 18.7 Å². The summed E-state index contributed by atoms with van der Waals surface area (Å²) in [4.78, 5) is 24.7. The normalized spacial score (nSPS) is 10.7. The van der Waals surface area contributed by atoms with Crippen LogP contribution in [0, 0.1) is 0 Å². The van der Waals surface area contributed by atoms with E-state index in [1.165, 1.54) is 18.2 Å². The molecular formula is C18H13Cl2NO4. The molecule has 0 spiro atoms. The van der Waals surface area contributed by atoms with Crippen LogP contribution in [0.2, 0.25) is 10.0 Å². The van der Waals surface area contributed by atoms with Gasteiger partial charge in [0.15, 0.2) is 0 Å². The van der Waals surface area contributed by atoms with E-state index in [1.54, 1.807) is 31.2 Å². The maximum absolute atomic E-state index is 12.6. The number of halogens is 2. The molecule has 0 aliphatic heterocycles. The zero-order chi connectivity index (χ0) is 18.0. The van der Waals surface area contributed by atoms with E-state index in [0.717, 1.165) is 0 Å². The van der Waals surface area contributed by atoms with Gasteiger partial charge in [0.2, 0.25) is 5.76 Å². The third-order valence-corrected chi connectivity index (χ3v) is 3.86. The molecule has 3 aromatic rings. The summed E-state index contributed by atoms with van der Waals surface area (Å²) in [5, 5.41) is 3.95. The Morgan fingerprint density at radius 1 is 1.12 bits per heavy atom. The second-order valence-corrected chi connectivity index (χ2v) is 6.01. The van der Waals surface area contributed by atoms with E-state index in [9.17, 15) is 9.59 Å². The van der Waals surface area contributed by atoms with E-state index in [1.807, 2.05) is 0 Å². The first-order chi connectivity index (χ1) is 12.0. The topological polar surface area (TPSA) is 68.5 Å². The Hall–Kier alpha value is -2.50. The van der Waals surface area contributed by atoms with E-state index in [0.29, 0.717) is 21.0 Å².